The molecule has 0 aromatic rings. The van der Waals surface area contributed by atoms with Crippen molar-refractivity contribution in [3.05, 3.63) is 0 Å². The highest BCUT2D eigenvalue weighted by Crippen LogP contribution is 2.45. The minimum atomic E-state index is -4.96. The molecule has 3 unspecified atom stereocenters. The highest BCUT2D eigenvalue weighted by molar-refractivity contribution is 7.47. The zero-order chi connectivity index (χ0) is 71.6. The van der Waals surface area contributed by atoms with Crippen molar-refractivity contribution in [1.29, 1.82) is 0 Å². The average Bonchev–Trinajstić information content (AvgIpc) is 0.995. The first-order valence-electron chi connectivity index (χ1n) is 40.4. The van der Waals surface area contributed by atoms with Crippen molar-refractivity contribution in [2.45, 2.75) is 420 Å². The number of phosphoric acid groups is 2. The Morgan fingerprint density at radius 1 is 0.299 bits per heavy atom. The molecule has 0 aliphatic rings. The third-order valence-electron chi connectivity index (χ3n) is 18.5. The van der Waals surface area contributed by atoms with E-state index in [0.717, 1.165) is 102 Å². The number of carbonyl (C=O) groups excluding carboxylic acids is 4. The molecular formula is C78H152O17P2. The SMILES string of the molecule is CCCCCCCCCCCCCCCCCCCCCC(=O)O[C@H](COC(=O)CCCCCCCCCCCCCCCCC(C)CC)COP(=O)(O)OC[C@@H](O)COP(=O)(O)OC[C@@H](COC(=O)CCCCCCCCCC(C)C)OC(=O)CCCCCCCCCC(C)C. The number of carbonyl (C=O) groups is 4. The lowest BCUT2D eigenvalue weighted by molar-refractivity contribution is -0.161. The third-order valence-corrected chi connectivity index (χ3v) is 20.4. The van der Waals surface area contributed by atoms with Crippen LogP contribution >= 0.6 is 15.6 Å². The molecule has 0 aromatic heterocycles. The zero-order valence-corrected chi connectivity index (χ0v) is 65.3. The lowest BCUT2D eigenvalue weighted by Crippen LogP contribution is -2.30. The summed E-state index contributed by atoms with van der Waals surface area (Å²) in [5.41, 5.74) is 0. The third kappa shape index (κ3) is 70.9. The van der Waals surface area contributed by atoms with Crippen molar-refractivity contribution in [3.63, 3.8) is 0 Å². The Labute approximate surface area is 594 Å². The van der Waals surface area contributed by atoms with Gasteiger partial charge in [0, 0.05) is 25.7 Å². The van der Waals surface area contributed by atoms with E-state index in [9.17, 15) is 43.2 Å². The van der Waals surface area contributed by atoms with Gasteiger partial charge in [-0.2, -0.15) is 0 Å². The first-order chi connectivity index (χ1) is 46.8. The molecule has 0 aliphatic carbocycles. The minimum absolute atomic E-state index is 0.103. The number of unbranched alkanes of at least 4 members (excludes halogenated alkanes) is 43. The summed E-state index contributed by atoms with van der Waals surface area (Å²) in [6.45, 7) is 11.8. The average molecular weight is 1420 g/mol. The largest absolute Gasteiger partial charge is 0.472 e. The van der Waals surface area contributed by atoms with E-state index in [1.807, 2.05) is 0 Å². The molecular weight excluding hydrogens is 1270 g/mol. The van der Waals surface area contributed by atoms with Gasteiger partial charge in [-0.3, -0.25) is 37.3 Å². The van der Waals surface area contributed by atoms with Gasteiger partial charge in [-0.1, -0.05) is 350 Å². The van der Waals surface area contributed by atoms with E-state index >= 15 is 0 Å². The molecule has 6 atom stereocenters. The van der Waals surface area contributed by atoms with Gasteiger partial charge in [0.05, 0.1) is 26.4 Å². The summed E-state index contributed by atoms with van der Waals surface area (Å²) in [7, 11) is -9.91. The van der Waals surface area contributed by atoms with E-state index in [4.69, 9.17) is 37.0 Å². The van der Waals surface area contributed by atoms with Crippen LogP contribution in [0.4, 0.5) is 0 Å². The lowest BCUT2D eigenvalue weighted by atomic mass is 9.99. The molecule has 97 heavy (non-hydrogen) atoms. The van der Waals surface area contributed by atoms with Crippen LogP contribution < -0.4 is 0 Å². The van der Waals surface area contributed by atoms with Crippen molar-refractivity contribution < 1.29 is 80.2 Å². The Morgan fingerprint density at radius 2 is 0.526 bits per heavy atom. The first kappa shape index (κ1) is 95.1. The molecule has 0 radical (unpaired) electrons. The van der Waals surface area contributed by atoms with Gasteiger partial charge in [0.2, 0.25) is 0 Å². The van der Waals surface area contributed by atoms with Gasteiger partial charge in [0.25, 0.3) is 0 Å². The van der Waals surface area contributed by atoms with Crippen LogP contribution in [0.25, 0.3) is 0 Å². The molecule has 0 amide bonds. The summed E-state index contributed by atoms with van der Waals surface area (Å²) in [6, 6.07) is 0. The van der Waals surface area contributed by atoms with Crippen molar-refractivity contribution in [3.8, 4) is 0 Å². The molecule has 3 N–H and O–H groups in total. The van der Waals surface area contributed by atoms with Gasteiger partial charge in [-0.05, 0) is 43.4 Å². The molecule has 0 heterocycles. The Balaban J connectivity index is 5.21. The van der Waals surface area contributed by atoms with Gasteiger partial charge in [0.1, 0.15) is 19.3 Å². The molecule has 576 valence electrons. The van der Waals surface area contributed by atoms with Crippen molar-refractivity contribution in [2.75, 3.05) is 39.6 Å². The van der Waals surface area contributed by atoms with Crippen LogP contribution in [0.5, 0.6) is 0 Å². The normalized spacial score (nSPS) is 14.3. The monoisotopic (exact) mass is 1420 g/mol. The number of phosphoric ester groups is 2. The molecule has 0 saturated heterocycles. The standard InChI is InChI=1S/C78H152O17P2/c1-8-10-11-12-13-14-15-16-17-18-19-20-21-26-29-32-39-47-54-61-77(82)94-73(65-88-75(80)59-52-45-38-31-28-25-23-22-24-27-30-37-44-51-58-71(7)9-2)67-92-96(84,85)90-63-72(79)64-91-97(86,87)93-68-74(95-78(83)62-55-48-41-34-36-43-50-57-70(5)6)66-89-76(81)60-53-46-40-33-35-42-49-56-69(3)4/h69-74,79H,8-68H2,1-7H3,(H,84,85)(H,86,87)/t71?,72-,73-,74-/m1/s1. The van der Waals surface area contributed by atoms with E-state index in [1.165, 1.54) is 205 Å². The van der Waals surface area contributed by atoms with Gasteiger partial charge in [-0.15, -0.1) is 0 Å². The Hall–Kier alpha value is -1.94. The van der Waals surface area contributed by atoms with Crippen molar-refractivity contribution >= 4 is 39.5 Å². The maximum Gasteiger partial charge on any atom is 0.472 e. The summed E-state index contributed by atoms with van der Waals surface area (Å²) < 4.78 is 68.5. The molecule has 0 spiro atoms. The topological polar surface area (TPSA) is 237 Å². The molecule has 0 fully saturated rings. The molecule has 0 aliphatic heterocycles. The van der Waals surface area contributed by atoms with E-state index in [-0.39, 0.29) is 25.7 Å². The number of aliphatic hydroxyl groups excluding tert-OH is 1. The van der Waals surface area contributed by atoms with Crippen LogP contribution in [0.1, 0.15) is 402 Å². The molecule has 0 rings (SSSR count). The zero-order valence-electron chi connectivity index (χ0n) is 63.5. The smallest absolute Gasteiger partial charge is 0.462 e. The molecule has 0 aromatic carbocycles. The Kier molecular flexibility index (Phi) is 67.1. The summed E-state index contributed by atoms with van der Waals surface area (Å²) >= 11 is 0. The van der Waals surface area contributed by atoms with Crippen LogP contribution in [-0.2, 0) is 65.4 Å². The highest BCUT2D eigenvalue weighted by atomic mass is 31.2. The molecule has 0 saturated carbocycles. The van der Waals surface area contributed by atoms with Gasteiger partial charge in [0.15, 0.2) is 12.2 Å². The van der Waals surface area contributed by atoms with Crippen molar-refractivity contribution in [2.24, 2.45) is 17.8 Å². The van der Waals surface area contributed by atoms with E-state index < -0.39 is 97.5 Å². The Morgan fingerprint density at radius 3 is 0.784 bits per heavy atom. The summed E-state index contributed by atoms with van der Waals surface area (Å²) in [6.07, 6.45) is 55.7. The van der Waals surface area contributed by atoms with Crippen molar-refractivity contribution in [1.82, 2.24) is 0 Å². The maximum atomic E-state index is 13.1. The second-order valence-corrected chi connectivity index (χ2v) is 32.2. The van der Waals surface area contributed by atoms with E-state index in [2.05, 4.69) is 48.5 Å². The van der Waals surface area contributed by atoms with Crippen LogP contribution in [0.2, 0.25) is 0 Å². The second-order valence-electron chi connectivity index (χ2n) is 29.3. The number of ether oxygens (including phenoxy) is 4. The molecule has 17 nitrogen and oxygen atoms in total. The van der Waals surface area contributed by atoms with E-state index in [0.29, 0.717) is 37.5 Å². The summed E-state index contributed by atoms with van der Waals surface area (Å²) in [4.78, 5) is 72.8. The number of hydrogen-bond donors (Lipinski definition) is 3. The summed E-state index contributed by atoms with van der Waals surface area (Å²) in [5, 5.41) is 10.6. The predicted octanol–water partition coefficient (Wildman–Crippen LogP) is 23.0. The fourth-order valence-corrected chi connectivity index (χ4v) is 13.5. The highest BCUT2D eigenvalue weighted by Gasteiger charge is 2.30. The van der Waals surface area contributed by atoms with Crippen LogP contribution in [0, 0.1) is 17.8 Å². The van der Waals surface area contributed by atoms with Crippen LogP contribution in [0.15, 0.2) is 0 Å². The maximum absolute atomic E-state index is 13.1. The second kappa shape index (κ2) is 68.5. The first-order valence-corrected chi connectivity index (χ1v) is 43.4. The molecule has 19 heteroatoms. The number of aliphatic hydroxyl groups is 1. The quantitative estimate of drug-likeness (QED) is 0.0222. The lowest BCUT2D eigenvalue weighted by Gasteiger charge is -2.21. The Bertz CT molecular complexity index is 1890. The number of esters is 4. The van der Waals surface area contributed by atoms with E-state index in [1.54, 1.807) is 0 Å². The minimum Gasteiger partial charge on any atom is -0.462 e. The summed E-state index contributed by atoms with van der Waals surface area (Å²) in [5.74, 6) is 0.132. The predicted molar refractivity (Wildman–Crippen MR) is 395 cm³/mol. The fourth-order valence-electron chi connectivity index (χ4n) is 11.9. The van der Waals surface area contributed by atoms with Crippen LogP contribution in [-0.4, -0.2) is 96.7 Å². The van der Waals surface area contributed by atoms with Gasteiger partial charge in [-0.25, -0.2) is 9.13 Å². The molecule has 0 bridgehead atoms. The fraction of sp³-hybridized carbons (Fsp3) is 0.949. The van der Waals surface area contributed by atoms with Gasteiger partial charge >= 0.3 is 39.5 Å². The number of hydrogen-bond acceptors (Lipinski definition) is 15. The van der Waals surface area contributed by atoms with Crippen LogP contribution in [0.3, 0.4) is 0 Å². The number of rotatable bonds is 76. The van der Waals surface area contributed by atoms with Gasteiger partial charge < -0.3 is 33.8 Å².